The van der Waals surface area contributed by atoms with Gasteiger partial charge >= 0.3 is 0 Å². The number of benzene rings is 1. The van der Waals surface area contributed by atoms with Gasteiger partial charge in [-0.2, -0.15) is 0 Å². The Balaban J connectivity index is 1.45. The highest BCUT2D eigenvalue weighted by molar-refractivity contribution is 5.55. The van der Waals surface area contributed by atoms with Gasteiger partial charge in [0.1, 0.15) is 0 Å². The fourth-order valence-corrected chi connectivity index (χ4v) is 3.55. The van der Waals surface area contributed by atoms with E-state index >= 15 is 0 Å². The summed E-state index contributed by atoms with van der Waals surface area (Å²) in [4.78, 5) is 2.58. The van der Waals surface area contributed by atoms with E-state index in [0.717, 1.165) is 6.04 Å². The van der Waals surface area contributed by atoms with Crippen molar-refractivity contribution in [1.29, 1.82) is 0 Å². The molecule has 1 aromatic carbocycles. The average Bonchev–Trinajstić information content (AvgIpc) is 2.97. The molecule has 1 N–H and O–H groups in total. The van der Waals surface area contributed by atoms with Gasteiger partial charge in [0, 0.05) is 24.8 Å². The monoisotopic (exact) mass is 258 g/mol. The van der Waals surface area contributed by atoms with Crippen LogP contribution in [0.2, 0.25) is 0 Å². The summed E-state index contributed by atoms with van der Waals surface area (Å²) in [6.07, 6.45) is 9.48. The van der Waals surface area contributed by atoms with Crippen molar-refractivity contribution >= 4 is 5.69 Å². The number of nitrogens with one attached hydrogen (secondary N) is 1. The lowest BCUT2D eigenvalue weighted by atomic mass is 10.0. The molecular formula is C17H26N2. The maximum atomic E-state index is 3.72. The van der Waals surface area contributed by atoms with Crippen LogP contribution in [0.15, 0.2) is 24.3 Å². The topological polar surface area (TPSA) is 15.3 Å². The Morgan fingerprint density at radius 2 is 1.95 bits per heavy atom. The van der Waals surface area contributed by atoms with Gasteiger partial charge in [-0.25, -0.2) is 0 Å². The summed E-state index contributed by atoms with van der Waals surface area (Å²) in [5.41, 5.74) is 3.02. The standard InChI is InChI=1S/C17H26N2/c1-4-11-17-15(7-1)8-5-13-19(17)14-6-12-18-16-9-2-3-10-16/h1,4,7,11,16,18H,2-3,5-6,8-10,12-14H2. The van der Waals surface area contributed by atoms with Crippen molar-refractivity contribution in [1.82, 2.24) is 5.32 Å². The lowest BCUT2D eigenvalue weighted by Gasteiger charge is -2.31. The first-order chi connectivity index (χ1) is 9.43. The summed E-state index contributed by atoms with van der Waals surface area (Å²) < 4.78 is 0. The van der Waals surface area contributed by atoms with Crippen molar-refractivity contribution in [2.75, 3.05) is 24.5 Å². The Morgan fingerprint density at radius 1 is 1.11 bits per heavy atom. The van der Waals surface area contributed by atoms with Crippen molar-refractivity contribution in [2.24, 2.45) is 0 Å². The van der Waals surface area contributed by atoms with Crippen LogP contribution in [0.25, 0.3) is 0 Å². The van der Waals surface area contributed by atoms with Gasteiger partial charge < -0.3 is 10.2 Å². The smallest absolute Gasteiger partial charge is 0.0398 e. The molecule has 0 bridgehead atoms. The molecule has 1 heterocycles. The van der Waals surface area contributed by atoms with E-state index in [-0.39, 0.29) is 0 Å². The molecule has 2 nitrogen and oxygen atoms in total. The molecule has 3 rings (SSSR count). The molecular weight excluding hydrogens is 232 g/mol. The van der Waals surface area contributed by atoms with Crippen LogP contribution in [-0.2, 0) is 6.42 Å². The second-order valence-electron chi connectivity index (χ2n) is 6.01. The number of rotatable bonds is 5. The molecule has 0 aromatic heterocycles. The van der Waals surface area contributed by atoms with Gasteiger partial charge in [0.05, 0.1) is 0 Å². The van der Waals surface area contributed by atoms with Gasteiger partial charge in [-0.1, -0.05) is 31.0 Å². The fourth-order valence-electron chi connectivity index (χ4n) is 3.55. The summed E-state index contributed by atoms with van der Waals surface area (Å²) in [6.45, 7) is 3.63. The minimum Gasteiger partial charge on any atom is -0.371 e. The molecule has 0 atom stereocenters. The van der Waals surface area contributed by atoms with Gasteiger partial charge in [-0.05, 0) is 50.3 Å². The third kappa shape index (κ3) is 3.30. The number of para-hydroxylation sites is 1. The van der Waals surface area contributed by atoms with E-state index in [1.807, 2.05) is 0 Å². The second-order valence-corrected chi connectivity index (χ2v) is 6.01. The summed E-state index contributed by atoms with van der Waals surface area (Å²) in [7, 11) is 0. The molecule has 1 aliphatic carbocycles. The van der Waals surface area contributed by atoms with Gasteiger partial charge in [0.15, 0.2) is 0 Å². The van der Waals surface area contributed by atoms with Gasteiger partial charge in [0.2, 0.25) is 0 Å². The zero-order valence-corrected chi connectivity index (χ0v) is 11.9. The molecule has 0 saturated heterocycles. The molecule has 1 saturated carbocycles. The van der Waals surface area contributed by atoms with E-state index in [0.29, 0.717) is 0 Å². The molecule has 2 heteroatoms. The number of aryl methyl sites for hydroxylation is 1. The highest BCUT2D eigenvalue weighted by atomic mass is 15.1. The number of anilines is 1. The van der Waals surface area contributed by atoms with Crippen molar-refractivity contribution in [2.45, 2.75) is 51.0 Å². The molecule has 0 unspecified atom stereocenters. The van der Waals surface area contributed by atoms with Crippen LogP contribution in [0.3, 0.4) is 0 Å². The Bertz CT molecular complexity index is 396. The largest absolute Gasteiger partial charge is 0.371 e. The molecule has 1 fully saturated rings. The first kappa shape index (κ1) is 13.0. The second kappa shape index (κ2) is 6.42. The number of fused-ring (bicyclic) bond motifs is 1. The molecule has 2 aliphatic rings. The predicted molar refractivity (Wildman–Crippen MR) is 81.9 cm³/mol. The van der Waals surface area contributed by atoms with Crippen molar-refractivity contribution < 1.29 is 0 Å². The van der Waals surface area contributed by atoms with Gasteiger partial charge in [0.25, 0.3) is 0 Å². The van der Waals surface area contributed by atoms with Crippen molar-refractivity contribution in [3.8, 4) is 0 Å². The van der Waals surface area contributed by atoms with E-state index in [1.165, 1.54) is 75.8 Å². The van der Waals surface area contributed by atoms with Crippen LogP contribution in [-0.4, -0.2) is 25.7 Å². The first-order valence-electron chi connectivity index (χ1n) is 8.00. The van der Waals surface area contributed by atoms with Crippen LogP contribution >= 0.6 is 0 Å². The summed E-state index contributed by atoms with van der Waals surface area (Å²) in [6, 6.07) is 9.74. The number of hydrogen-bond donors (Lipinski definition) is 1. The zero-order chi connectivity index (χ0) is 12.9. The molecule has 0 radical (unpaired) electrons. The average molecular weight is 258 g/mol. The Morgan fingerprint density at radius 3 is 2.84 bits per heavy atom. The van der Waals surface area contributed by atoms with Gasteiger partial charge in [-0.15, -0.1) is 0 Å². The summed E-state index contributed by atoms with van der Waals surface area (Å²) in [5.74, 6) is 0. The van der Waals surface area contributed by atoms with Crippen LogP contribution in [0.4, 0.5) is 5.69 Å². The van der Waals surface area contributed by atoms with E-state index in [9.17, 15) is 0 Å². The Kier molecular flexibility index (Phi) is 4.39. The minimum absolute atomic E-state index is 0.814. The zero-order valence-electron chi connectivity index (χ0n) is 11.9. The van der Waals surface area contributed by atoms with E-state index < -0.39 is 0 Å². The first-order valence-corrected chi connectivity index (χ1v) is 8.00. The van der Waals surface area contributed by atoms with E-state index in [4.69, 9.17) is 0 Å². The van der Waals surface area contributed by atoms with E-state index in [2.05, 4.69) is 34.5 Å². The fraction of sp³-hybridized carbons (Fsp3) is 0.647. The number of nitrogens with zero attached hydrogens (tertiary/aromatic N) is 1. The minimum atomic E-state index is 0.814. The maximum absolute atomic E-state index is 3.72. The highest BCUT2D eigenvalue weighted by Gasteiger charge is 2.16. The molecule has 0 amide bonds. The predicted octanol–water partition coefficient (Wildman–Crippen LogP) is 3.36. The normalized spacial score (nSPS) is 19.7. The molecule has 0 spiro atoms. The third-order valence-electron chi connectivity index (χ3n) is 4.60. The highest BCUT2D eigenvalue weighted by Crippen LogP contribution is 2.26. The molecule has 1 aliphatic heterocycles. The van der Waals surface area contributed by atoms with Crippen LogP contribution in [0.1, 0.15) is 44.1 Å². The summed E-state index contributed by atoms with van der Waals surface area (Å²) in [5, 5.41) is 3.72. The molecule has 1 aromatic rings. The van der Waals surface area contributed by atoms with E-state index in [1.54, 1.807) is 0 Å². The van der Waals surface area contributed by atoms with Crippen molar-refractivity contribution in [3.05, 3.63) is 29.8 Å². The third-order valence-corrected chi connectivity index (χ3v) is 4.60. The number of hydrogen-bond acceptors (Lipinski definition) is 2. The van der Waals surface area contributed by atoms with Crippen LogP contribution in [0, 0.1) is 0 Å². The molecule has 104 valence electrons. The quantitative estimate of drug-likeness (QED) is 0.815. The lowest BCUT2D eigenvalue weighted by Crippen LogP contribution is -2.33. The van der Waals surface area contributed by atoms with Crippen LogP contribution < -0.4 is 10.2 Å². The van der Waals surface area contributed by atoms with Crippen molar-refractivity contribution in [3.63, 3.8) is 0 Å². The Hall–Kier alpha value is -1.02. The lowest BCUT2D eigenvalue weighted by molar-refractivity contribution is 0.511. The Labute approximate surface area is 117 Å². The SMILES string of the molecule is c1ccc2c(c1)CCCN2CCCNC1CCCC1. The maximum Gasteiger partial charge on any atom is 0.0398 e. The summed E-state index contributed by atoms with van der Waals surface area (Å²) >= 11 is 0. The molecule has 19 heavy (non-hydrogen) atoms. The van der Waals surface area contributed by atoms with Crippen LogP contribution in [0.5, 0.6) is 0 Å². The van der Waals surface area contributed by atoms with Gasteiger partial charge in [-0.3, -0.25) is 0 Å².